The van der Waals surface area contributed by atoms with Crippen molar-refractivity contribution in [2.75, 3.05) is 19.7 Å². The van der Waals surface area contributed by atoms with E-state index in [0.29, 0.717) is 19.0 Å². The zero-order valence-electron chi connectivity index (χ0n) is 13.8. The quantitative estimate of drug-likeness (QED) is 0.870. The Kier molecular flexibility index (Phi) is 4.46. The van der Waals surface area contributed by atoms with Crippen molar-refractivity contribution in [3.63, 3.8) is 0 Å². The van der Waals surface area contributed by atoms with E-state index in [1.165, 1.54) is 12.1 Å². The standard InChI is InChI=1S/C17H22FN3O2/c1-17(2,3)16-19-15(23-20-16)11-21-8-9-22-14(10-21)12-4-6-13(18)7-5-12/h4-7,14H,8-11H2,1-3H3/t14-/m1/s1. The molecule has 2 aromatic rings. The second-order valence-electron chi connectivity index (χ2n) is 6.91. The summed E-state index contributed by atoms with van der Waals surface area (Å²) in [6.07, 6.45) is -0.0608. The lowest BCUT2D eigenvalue weighted by Crippen LogP contribution is -2.37. The van der Waals surface area contributed by atoms with Crippen LogP contribution in [0.1, 0.15) is 44.2 Å². The summed E-state index contributed by atoms with van der Waals surface area (Å²) in [5.74, 6) is 1.10. The fourth-order valence-electron chi connectivity index (χ4n) is 2.54. The summed E-state index contributed by atoms with van der Waals surface area (Å²) in [6.45, 7) is 8.93. The molecule has 0 unspecified atom stereocenters. The zero-order chi connectivity index (χ0) is 16.4. The Morgan fingerprint density at radius 3 is 2.65 bits per heavy atom. The number of rotatable bonds is 3. The van der Waals surface area contributed by atoms with Crippen LogP contribution in [-0.2, 0) is 16.7 Å². The van der Waals surface area contributed by atoms with Gasteiger partial charge in [-0.3, -0.25) is 4.90 Å². The molecule has 0 bridgehead atoms. The van der Waals surface area contributed by atoms with Crippen molar-refractivity contribution in [1.82, 2.24) is 15.0 Å². The Hall–Kier alpha value is -1.79. The topological polar surface area (TPSA) is 51.4 Å². The monoisotopic (exact) mass is 319 g/mol. The molecule has 1 aliphatic rings. The molecule has 0 spiro atoms. The van der Waals surface area contributed by atoms with Gasteiger partial charge in [-0.15, -0.1) is 0 Å². The number of benzene rings is 1. The number of nitrogens with zero attached hydrogens (tertiary/aromatic N) is 3. The van der Waals surface area contributed by atoms with Crippen LogP contribution < -0.4 is 0 Å². The van der Waals surface area contributed by atoms with E-state index in [9.17, 15) is 4.39 Å². The molecule has 5 nitrogen and oxygen atoms in total. The Labute approximate surface area is 135 Å². The summed E-state index contributed by atoms with van der Waals surface area (Å²) in [4.78, 5) is 6.69. The van der Waals surface area contributed by atoms with Crippen LogP contribution in [0.2, 0.25) is 0 Å². The highest BCUT2D eigenvalue weighted by molar-refractivity contribution is 5.19. The molecule has 3 rings (SSSR count). The first-order valence-electron chi connectivity index (χ1n) is 7.84. The van der Waals surface area contributed by atoms with Crippen molar-refractivity contribution < 1.29 is 13.7 Å². The molecular formula is C17H22FN3O2. The molecule has 0 aliphatic carbocycles. The molecule has 0 amide bonds. The van der Waals surface area contributed by atoms with E-state index in [1.54, 1.807) is 12.1 Å². The Bertz CT molecular complexity index is 649. The molecule has 1 aromatic carbocycles. The normalized spacial score (nSPS) is 19.9. The van der Waals surface area contributed by atoms with Crippen LogP contribution >= 0.6 is 0 Å². The van der Waals surface area contributed by atoms with Crippen LogP contribution in [0.15, 0.2) is 28.8 Å². The van der Waals surface area contributed by atoms with Crippen LogP contribution in [0, 0.1) is 5.82 Å². The highest BCUT2D eigenvalue weighted by atomic mass is 19.1. The second kappa shape index (κ2) is 6.37. The molecule has 23 heavy (non-hydrogen) atoms. The average molecular weight is 319 g/mol. The zero-order valence-corrected chi connectivity index (χ0v) is 13.8. The molecule has 1 fully saturated rings. The molecular weight excluding hydrogens is 297 g/mol. The van der Waals surface area contributed by atoms with Gasteiger partial charge in [0.15, 0.2) is 5.82 Å². The van der Waals surface area contributed by atoms with Crippen LogP contribution in [0.3, 0.4) is 0 Å². The largest absolute Gasteiger partial charge is 0.371 e. The molecule has 124 valence electrons. The van der Waals surface area contributed by atoms with Gasteiger partial charge in [0.2, 0.25) is 5.89 Å². The van der Waals surface area contributed by atoms with Crippen LogP contribution in [0.5, 0.6) is 0 Å². The summed E-state index contributed by atoms with van der Waals surface area (Å²) < 4.78 is 24.2. The van der Waals surface area contributed by atoms with Gasteiger partial charge < -0.3 is 9.26 Å². The molecule has 6 heteroatoms. The number of hydrogen-bond donors (Lipinski definition) is 0. The number of aromatic nitrogens is 2. The summed E-state index contributed by atoms with van der Waals surface area (Å²) in [5, 5.41) is 4.05. The van der Waals surface area contributed by atoms with Crippen molar-refractivity contribution in [2.45, 2.75) is 38.8 Å². The number of halogens is 1. The van der Waals surface area contributed by atoms with Crippen molar-refractivity contribution in [3.05, 3.63) is 47.4 Å². The fraction of sp³-hybridized carbons (Fsp3) is 0.529. The molecule has 1 aliphatic heterocycles. The van der Waals surface area contributed by atoms with Gasteiger partial charge in [-0.1, -0.05) is 38.1 Å². The maximum atomic E-state index is 13.0. The van der Waals surface area contributed by atoms with Gasteiger partial charge in [-0.2, -0.15) is 4.98 Å². The molecule has 0 saturated carbocycles. The van der Waals surface area contributed by atoms with Gasteiger partial charge in [0, 0.05) is 18.5 Å². The molecule has 1 atom stereocenters. The first-order valence-corrected chi connectivity index (χ1v) is 7.84. The lowest BCUT2D eigenvalue weighted by Gasteiger charge is -2.32. The highest BCUT2D eigenvalue weighted by Gasteiger charge is 2.25. The Morgan fingerprint density at radius 1 is 1.26 bits per heavy atom. The predicted molar refractivity (Wildman–Crippen MR) is 83.4 cm³/mol. The van der Waals surface area contributed by atoms with Crippen molar-refractivity contribution in [2.24, 2.45) is 0 Å². The Morgan fingerprint density at radius 2 is 2.00 bits per heavy atom. The molecule has 0 radical (unpaired) electrons. The minimum atomic E-state index is -0.234. The number of hydrogen-bond acceptors (Lipinski definition) is 5. The lowest BCUT2D eigenvalue weighted by molar-refractivity contribution is -0.0356. The Balaban J connectivity index is 1.64. The van der Waals surface area contributed by atoms with E-state index in [4.69, 9.17) is 9.26 Å². The van der Waals surface area contributed by atoms with Gasteiger partial charge in [-0.05, 0) is 17.7 Å². The minimum absolute atomic E-state index is 0.0608. The van der Waals surface area contributed by atoms with Crippen molar-refractivity contribution >= 4 is 0 Å². The molecule has 2 heterocycles. The van der Waals surface area contributed by atoms with E-state index < -0.39 is 0 Å². The second-order valence-corrected chi connectivity index (χ2v) is 6.91. The van der Waals surface area contributed by atoms with Gasteiger partial charge in [0.05, 0.1) is 19.3 Å². The highest BCUT2D eigenvalue weighted by Crippen LogP contribution is 2.24. The van der Waals surface area contributed by atoms with Crippen LogP contribution in [0.25, 0.3) is 0 Å². The van der Waals surface area contributed by atoms with Crippen LogP contribution in [-0.4, -0.2) is 34.7 Å². The third-order valence-electron chi connectivity index (χ3n) is 3.89. The van der Waals surface area contributed by atoms with E-state index in [-0.39, 0.29) is 17.3 Å². The number of morpholine rings is 1. The minimum Gasteiger partial charge on any atom is -0.371 e. The van der Waals surface area contributed by atoms with Crippen molar-refractivity contribution in [1.29, 1.82) is 0 Å². The molecule has 1 aromatic heterocycles. The molecule has 0 N–H and O–H groups in total. The summed E-state index contributed by atoms with van der Waals surface area (Å²) in [5.41, 5.74) is 0.862. The van der Waals surface area contributed by atoms with E-state index in [0.717, 1.165) is 24.5 Å². The maximum absolute atomic E-state index is 13.0. The average Bonchev–Trinajstić information content (AvgIpc) is 2.97. The van der Waals surface area contributed by atoms with Crippen LogP contribution in [0.4, 0.5) is 4.39 Å². The van der Waals surface area contributed by atoms with Gasteiger partial charge in [0.1, 0.15) is 5.82 Å². The summed E-state index contributed by atoms with van der Waals surface area (Å²) in [6, 6.07) is 6.47. The smallest absolute Gasteiger partial charge is 0.240 e. The maximum Gasteiger partial charge on any atom is 0.240 e. The van der Waals surface area contributed by atoms with Gasteiger partial charge in [0.25, 0.3) is 0 Å². The van der Waals surface area contributed by atoms with Crippen molar-refractivity contribution in [3.8, 4) is 0 Å². The summed E-state index contributed by atoms with van der Waals surface area (Å²) in [7, 11) is 0. The first kappa shape index (κ1) is 16.1. The van der Waals surface area contributed by atoms with E-state index >= 15 is 0 Å². The predicted octanol–water partition coefficient (Wildman–Crippen LogP) is 3.08. The molecule has 1 saturated heterocycles. The lowest BCUT2D eigenvalue weighted by atomic mass is 9.96. The first-order chi connectivity index (χ1) is 10.9. The van der Waals surface area contributed by atoms with Gasteiger partial charge >= 0.3 is 0 Å². The number of ether oxygens (including phenoxy) is 1. The third kappa shape index (κ3) is 3.95. The van der Waals surface area contributed by atoms with E-state index in [1.807, 2.05) is 0 Å². The van der Waals surface area contributed by atoms with Gasteiger partial charge in [-0.25, -0.2) is 4.39 Å². The van der Waals surface area contributed by atoms with E-state index in [2.05, 4.69) is 35.8 Å². The third-order valence-corrected chi connectivity index (χ3v) is 3.89. The fourth-order valence-corrected chi connectivity index (χ4v) is 2.54. The summed E-state index contributed by atoms with van der Waals surface area (Å²) >= 11 is 0. The SMILES string of the molecule is CC(C)(C)c1noc(CN2CCO[C@@H](c3ccc(F)cc3)C2)n1.